The lowest BCUT2D eigenvalue weighted by Crippen LogP contribution is -2.49. The van der Waals surface area contributed by atoms with E-state index in [9.17, 15) is 9.90 Å². The van der Waals surface area contributed by atoms with E-state index >= 15 is 0 Å². The maximum Gasteiger partial charge on any atom is 0.311 e. The van der Waals surface area contributed by atoms with Crippen LogP contribution in [0.25, 0.3) is 10.9 Å². The van der Waals surface area contributed by atoms with Crippen LogP contribution in [0, 0.1) is 5.41 Å². The lowest BCUT2D eigenvalue weighted by molar-refractivity contribution is -0.149. The highest BCUT2D eigenvalue weighted by atomic mass is 16.5. The fourth-order valence-electron chi connectivity index (χ4n) is 4.16. The van der Waals surface area contributed by atoms with E-state index in [1.165, 1.54) is 0 Å². The van der Waals surface area contributed by atoms with E-state index in [1.807, 2.05) is 60.7 Å². The van der Waals surface area contributed by atoms with Crippen LogP contribution in [0.3, 0.4) is 0 Å². The van der Waals surface area contributed by atoms with E-state index in [4.69, 9.17) is 9.72 Å². The van der Waals surface area contributed by atoms with Gasteiger partial charge in [0.05, 0.1) is 12.5 Å². The van der Waals surface area contributed by atoms with Crippen LogP contribution in [0.5, 0.6) is 5.75 Å². The highest BCUT2D eigenvalue weighted by molar-refractivity contribution is 5.86. The Labute approximate surface area is 164 Å². The molecule has 0 radical (unpaired) electrons. The van der Waals surface area contributed by atoms with E-state index in [0.717, 1.165) is 41.0 Å². The maximum atomic E-state index is 12.3. The van der Waals surface area contributed by atoms with Crippen molar-refractivity contribution < 1.29 is 14.6 Å². The van der Waals surface area contributed by atoms with Gasteiger partial charge in [-0.2, -0.15) is 0 Å². The zero-order valence-corrected chi connectivity index (χ0v) is 16.0. The van der Waals surface area contributed by atoms with Crippen molar-refractivity contribution in [1.82, 2.24) is 4.98 Å². The molecule has 1 fully saturated rings. The lowest BCUT2D eigenvalue weighted by atomic mass is 9.75. The Hall–Kier alpha value is -3.08. The minimum absolute atomic E-state index is 0.449. The topological polar surface area (TPSA) is 62.7 Å². The van der Waals surface area contributed by atoms with Gasteiger partial charge in [-0.1, -0.05) is 42.5 Å². The van der Waals surface area contributed by atoms with Crippen LogP contribution in [-0.4, -0.2) is 36.3 Å². The molecule has 1 aromatic heterocycles. The minimum atomic E-state index is -0.809. The number of rotatable bonds is 5. The number of nitrogens with zero attached hydrogens (tertiary/aromatic N) is 2. The first-order valence-electron chi connectivity index (χ1n) is 9.57. The second-order valence-corrected chi connectivity index (χ2v) is 7.47. The number of aliphatic carboxylic acids is 1. The molecule has 28 heavy (non-hydrogen) atoms. The molecule has 144 valence electrons. The van der Waals surface area contributed by atoms with Crippen LogP contribution in [0.2, 0.25) is 0 Å². The summed E-state index contributed by atoms with van der Waals surface area (Å²) in [5.41, 5.74) is 1.05. The molecule has 1 N–H and O–H groups in total. The number of aromatic nitrogens is 1. The van der Waals surface area contributed by atoms with E-state index < -0.39 is 11.4 Å². The summed E-state index contributed by atoms with van der Waals surface area (Å²) in [6.45, 7) is 1.25. The van der Waals surface area contributed by atoms with Crippen molar-refractivity contribution in [2.75, 3.05) is 25.1 Å². The third kappa shape index (κ3) is 3.40. The number of hydrogen-bond donors (Lipinski definition) is 1. The van der Waals surface area contributed by atoms with Crippen LogP contribution < -0.4 is 9.64 Å². The van der Waals surface area contributed by atoms with Crippen LogP contribution in [0.4, 0.5) is 5.82 Å². The lowest BCUT2D eigenvalue weighted by Gasteiger charge is -2.40. The normalized spacial score (nSPS) is 19.5. The maximum absolute atomic E-state index is 12.3. The Morgan fingerprint density at radius 1 is 1.14 bits per heavy atom. The van der Waals surface area contributed by atoms with E-state index in [2.05, 4.69) is 4.90 Å². The molecule has 3 aromatic rings. The smallest absolute Gasteiger partial charge is 0.311 e. The molecule has 0 aliphatic carbocycles. The van der Waals surface area contributed by atoms with Gasteiger partial charge in [0.15, 0.2) is 0 Å². The van der Waals surface area contributed by atoms with Crippen LogP contribution >= 0.6 is 0 Å². The van der Waals surface area contributed by atoms with Gasteiger partial charge < -0.3 is 14.7 Å². The van der Waals surface area contributed by atoms with Crippen LogP contribution in [0.15, 0.2) is 60.7 Å². The molecule has 2 aromatic carbocycles. The molecular weight excluding hydrogens is 352 g/mol. The average molecular weight is 376 g/mol. The molecule has 0 amide bonds. The number of pyridine rings is 1. The molecule has 0 spiro atoms. The van der Waals surface area contributed by atoms with E-state index in [-0.39, 0.29) is 0 Å². The summed E-state index contributed by atoms with van der Waals surface area (Å²) in [5, 5.41) is 11.1. The number of anilines is 1. The van der Waals surface area contributed by atoms with E-state index in [1.54, 1.807) is 7.11 Å². The number of carbonyl (C=O) groups is 1. The third-order valence-electron chi connectivity index (χ3n) is 5.63. The molecule has 1 aliphatic heterocycles. The van der Waals surface area contributed by atoms with Gasteiger partial charge in [0, 0.05) is 18.5 Å². The molecular formula is C23H24N2O3. The van der Waals surface area contributed by atoms with Gasteiger partial charge in [-0.05, 0) is 43.0 Å². The van der Waals surface area contributed by atoms with Crippen molar-refractivity contribution in [3.05, 3.63) is 66.2 Å². The van der Waals surface area contributed by atoms with Crippen LogP contribution in [0.1, 0.15) is 18.4 Å². The zero-order valence-electron chi connectivity index (χ0n) is 16.0. The number of methoxy groups -OCH3 is 1. The van der Waals surface area contributed by atoms with Crippen molar-refractivity contribution in [3.8, 4) is 5.75 Å². The number of piperidine rings is 1. The Morgan fingerprint density at radius 2 is 1.96 bits per heavy atom. The molecule has 5 heteroatoms. The van der Waals surface area contributed by atoms with Crippen molar-refractivity contribution in [3.63, 3.8) is 0 Å². The molecule has 4 rings (SSSR count). The van der Waals surface area contributed by atoms with Crippen molar-refractivity contribution in [1.29, 1.82) is 0 Å². The number of carboxylic acid groups (broad SMARTS) is 1. The predicted octanol–water partition coefficient (Wildman–Crippen LogP) is 4.16. The molecule has 1 saturated heterocycles. The second-order valence-electron chi connectivity index (χ2n) is 7.47. The summed E-state index contributed by atoms with van der Waals surface area (Å²) in [4.78, 5) is 19.2. The Kier molecular flexibility index (Phi) is 4.90. The van der Waals surface area contributed by atoms with Gasteiger partial charge in [-0.25, -0.2) is 4.98 Å². The molecule has 1 atom stereocenters. The highest BCUT2D eigenvalue weighted by Crippen LogP contribution is 2.36. The Morgan fingerprint density at radius 3 is 2.71 bits per heavy atom. The number of para-hydroxylation sites is 1. The SMILES string of the molecule is COc1cccc2ccc(N3CCC[C@](Cc4ccccc4)(C(=O)O)C3)nc12. The fourth-order valence-corrected chi connectivity index (χ4v) is 4.16. The summed E-state index contributed by atoms with van der Waals surface area (Å²) in [7, 11) is 1.64. The molecule has 2 heterocycles. The highest BCUT2D eigenvalue weighted by Gasteiger charge is 2.42. The number of hydrogen-bond acceptors (Lipinski definition) is 4. The largest absolute Gasteiger partial charge is 0.494 e. The Bertz CT molecular complexity index is 990. The minimum Gasteiger partial charge on any atom is -0.494 e. The van der Waals surface area contributed by atoms with Crippen molar-refractivity contribution >= 4 is 22.7 Å². The van der Waals surface area contributed by atoms with Crippen molar-refractivity contribution in [2.45, 2.75) is 19.3 Å². The molecule has 0 unspecified atom stereocenters. The fraction of sp³-hybridized carbons (Fsp3) is 0.304. The number of benzene rings is 2. The number of fused-ring (bicyclic) bond motifs is 1. The standard InChI is InChI=1S/C23H24N2O3/c1-28-19-10-5-9-18-11-12-20(24-21(18)19)25-14-6-13-23(16-25,22(26)27)15-17-7-3-2-4-8-17/h2-5,7-12H,6,13-16H2,1H3,(H,26,27)/t23-/m1/s1. The Balaban J connectivity index is 1.67. The van der Waals surface area contributed by atoms with Crippen molar-refractivity contribution in [2.24, 2.45) is 5.41 Å². The molecule has 0 saturated carbocycles. The second kappa shape index (κ2) is 7.50. The first-order chi connectivity index (χ1) is 13.6. The molecule has 1 aliphatic rings. The summed E-state index contributed by atoms with van der Waals surface area (Å²) in [6, 6.07) is 19.7. The van der Waals surface area contributed by atoms with Gasteiger partial charge in [0.1, 0.15) is 17.1 Å². The first kappa shape index (κ1) is 18.3. The predicted molar refractivity (Wildman–Crippen MR) is 110 cm³/mol. The van der Waals surface area contributed by atoms with Gasteiger partial charge >= 0.3 is 5.97 Å². The summed E-state index contributed by atoms with van der Waals surface area (Å²) in [5.74, 6) is 0.792. The van der Waals surface area contributed by atoms with Gasteiger partial charge in [0.25, 0.3) is 0 Å². The summed E-state index contributed by atoms with van der Waals surface area (Å²) < 4.78 is 5.45. The van der Waals surface area contributed by atoms with Crippen LogP contribution in [-0.2, 0) is 11.2 Å². The number of ether oxygens (including phenoxy) is 1. The molecule has 5 nitrogen and oxygen atoms in total. The van der Waals surface area contributed by atoms with Gasteiger partial charge in [-0.3, -0.25) is 4.79 Å². The summed E-state index contributed by atoms with van der Waals surface area (Å²) in [6.07, 6.45) is 2.02. The van der Waals surface area contributed by atoms with E-state index in [0.29, 0.717) is 19.4 Å². The number of carboxylic acids is 1. The zero-order chi connectivity index (χ0) is 19.6. The average Bonchev–Trinajstić information content (AvgIpc) is 2.73. The summed E-state index contributed by atoms with van der Waals surface area (Å²) >= 11 is 0. The third-order valence-corrected chi connectivity index (χ3v) is 5.63. The first-order valence-corrected chi connectivity index (χ1v) is 9.57. The quantitative estimate of drug-likeness (QED) is 0.724. The molecule has 0 bridgehead atoms. The van der Waals surface area contributed by atoms with Gasteiger partial charge in [0.2, 0.25) is 0 Å². The monoisotopic (exact) mass is 376 g/mol. The van der Waals surface area contributed by atoms with Gasteiger partial charge in [-0.15, -0.1) is 0 Å².